The van der Waals surface area contributed by atoms with Crippen LogP contribution in [0, 0.1) is 0 Å². The lowest BCUT2D eigenvalue weighted by molar-refractivity contribution is -0.105. The van der Waals surface area contributed by atoms with E-state index in [9.17, 15) is 4.79 Å². The first-order chi connectivity index (χ1) is 8.90. The lowest BCUT2D eigenvalue weighted by Gasteiger charge is -2.32. The molecule has 0 bridgehead atoms. The Morgan fingerprint density at radius 1 is 1.17 bits per heavy atom. The Balaban J connectivity index is 2.02. The summed E-state index contributed by atoms with van der Waals surface area (Å²) in [4.78, 5) is 17.7. The molecule has 0 saturated carbocycles. The summed E-state index contributed by atoms with van der Waals surface area (Å²) >= 11 is 0. The van der Waals surface area contributed by atoms with Crippen molar-refractivity contribution in [2.75, 3.05) is 23.3 Å². The molecule has 2 aliphatic rings. The molecule has 1 aromatic heterocycles. The van der Waals surface area contributed by atoms with Crippen molar-refractivity contribution >= 4 is 17.8 Å². The van der Waals surface area contributed by atoms with Gasteiger partial charge in [0.15, 0.2) is 0 Å². The fourth-order valence-corrected chi connectivity index (χ4v) is 3.14. The van der Waals surface area contributed by atoms with Crippen molar-refractivity contribution in [3.05, 3.63) is 17.5 Å². The Kier molecular flexibility index (Phi) is 3.17. The number of aromatic nitrogens is 1. The molecule has 1 aliphatic carbocycles. The number of hydrogen-bond donors (Lipinski definition) is 1. The number of nitrogens with zero attached hydrogens (tertiary/aromatic N) is 2. The first kappa shape index (κ1) is 11.5. The number of hydrogen-bond acceptors (Lipinski definition) is 3. The maximum atomic E-state index is 10.8. The number of fused-ring (bicyclic) bond motifs is 1. The summed E-state index contributed by atoms with van der Waals surface area (Å²) in [7, 11) is 0. The molecule has 0 atom stereocenters. The summed E-state index contributed by atoms with van der Waals surface area (Å²) in [5, 5.41) is 2.82. The third kappa shape index (κ3) is 1.96. The Hall–Kier alpha value is -1.58. The molecule has 0 unspecified atom stereocenters. The highest BCUT2D eigenvalue weighted by atomic mass is 16.1. The second-order valence-corrected chi connectivity index (χ2v) is 5.11. The van der Waals surface area contributed by atoms with Gasteiger partial charge in [-0.3, -0.25) is 9.78 Å². The van der Waals surface area contributed by atoms with E-state index in [-0.39, 0.29) is 0 Å². The number of nitrogens with one attached hydrogen (secondary N) is 1. The summed E-state index contributed by atoms with van der Waals surface area (Å²) in [5.74, 6) is 0. The minimum atomic E-state index is 0.756. The molecule has 0 aromatic carbocycles. The summed E-state index contributed by atoms with van der Waals surface area (Å²) in [6, 6.07) is 0. The van der Waals surface area contributed by atoms with E-state index in [0.717, 1.165) is 38.0 Å². The summed E-state index contributed by atoms with van der Waals surface area (Å²) in [6.45, 7) is 2.20. The highest BCUT2D eigenvalue weighted by Crippen LogP contribution is 2.37. The van der Waals surface area contributed by atoms with Gasteiger partial charge in [0.1, 0.15) is 0 Å². The van der Waals surface area contributed by atoms with Gasteiger partial charge in [-0.15, -0.1) is 0 Å². The van der Waals surface area contributed by atoms with E-state index in [2.05, 4.69) is 15.2 Å². The van der Waals surface area contributed by atoms with E-state index >= 15 is 0 Å². The number of pyridine rings is 1. The van der Waals surface area contributed by atoms with Crippen LogP contribution in [0.4, 0.5) is 11.4 Å². The number of carbonyl (C=O) groups excluding carboxylic acids is 1. The first-order valence-electron chi connectivity index (χ1n) is 6.86. The average Bonchev–Trinajstić information content (AvgIpc) is 2.88. The predicted octanol–water partition coefficient (Wildman–Crippen LogP) is 2.13. The van der Waals surface area contributed by atoms with Crippen molar-refractivity contribution in [2.24, 2.45) is 0 Å². The molecule has 2 heterocycles. The van der Waals surface area contributed by atoms with Crippen LogP contribution >= 0.6 is 0 Å². The Morgan fingerprint density at radius 2 is 2.00 bits per heavy atom. The molecular formula is C14H19N3O. The van der Waals surface area contributed by atoms with Crippen molar-refractivity contribution in [1.29, 1.82) is 0 Å². The van der Waals surface area contributed by atoms with E-state index in [1.165, 1.54) is 42.6 Å². The molecule has 0 spiro atoms. The Morgan fingerprint density at radius 3 is 2.78 bits per heavy atom. The van der Waals surface area contributed by atoms with Gasteiger partial charge >= 0.3 is 0 Å². The van der Waals surface area contributed by atoms with E-state index in [1.807, 2.05) is 6.20 Å². The minimum Gasteiger partial charge on any atom is -0.370 e. The molecule has 1 fully saturated rings. The molecule has 4 heteroatoms. The van der Waals surface area contributed by atoms with Crippen molar-refractivity contribution in [3.63, 3.8) is 0 Å². The van der Waals surface area contributed by atoms with Gasteiger partial charge in [0.25, 0.3) is 0 Å². The van der Waals surface area contributed by atoms with Gasteiger partial charge in [-0.1, -0.05) is 0 Å². The topological polar surface area (TPSA) is 45.2 Å². The number of rotatable bonds is 3. The Labute approximate surface area is 107 Å². The maximum Gasteiger partial charge on any atom is 0.211 e. The molecule has 3 rings (SSSR count). The zero-order valence-electron chi connectivity index (χ0n) is 10.6. The first-order valence-corrected chi connectivity index (χ1v) is 6.86. The van der Waals surface area contributed by atoms with Crippen LogP contribution in [0.15, 0.2) is 6.20 Å². The molecule has 1 saturated heterocycles. The van der Waals surface area contributed by atoms with Gasteiger partial charge < -0.3 is 10.2 Å². The zero-order valence-corrected chi connectivity index (χ0v) is 10.6. The highest BCUT2D eigenvalue weighted by molar-refractivity contribution is 5.83. The fraction of sp³-hybridized carbons (Fsp3) is 0.571. The molecule has 96 valence electrons. The normalized spacial score (nSPS) is 18.6. The number of piperidine rings is 1. The van der Waals surface area contributed by atoms with Gasteiger partial charge in [-0.25, -0.2) is 0 Å². The molecule has 18 heavy (non-hydrogen) atoms. The number of amides is 1. The molecule has 1 amide bonds. The molecule has 1 N–H and O–H groups in total. The van der Waals surface area contributed by atoms with Crippen molar-refractivity contribution in [3.8, 4) is 0 Å². The standard InChI is InChI=1S/C14H19N3O/c18-10-16-13-9-15-12-6-4-5-11(12)14(13)17-7-2-1-3-8-17/h9-10H,1-8H2,(H,16,18). The summed E-state index contributed by atoms with van der Waals surface area (Å²) in [5.41, 5.74) is 4.72. The van der Waals surface area contributed by atoms with Crippen LogP contribution in [0.1, 0.15) is 36.9 Å². The lowest BCUT2D eigenvalue weighted by atomic mass is 10.1. The van der Waals surface area contributed by atoms with Gasteiger partial charge in [0.05, 0.1) is 17.6 Å². The van der Waals surface area contributed by atoms with Gasteiger partial charge in [-0.2, -0.15) is 0 Å². The van der Waals surface area contributed by atoms with Gasteiger partial charge in [0.2, 0.25) is 6.41 Å². The quantitative estimate of drug-likeness (QED) is 0.830. The maximum absolute atomic E-state index is 10.8. The molecule has 0 radical (unpaired) electrons. The van der Waals surface area contributed by atoms with E-state index in [4.69, 9.17) is 0 Å². The van der Waals surface area contributed by atoms with Crippen molar-refractivity contribution in [2.45, 2.75) is 38.5 Å². The van der Waals surface area contributed by atoms with Gasteiger partial charge in [-0.05, 0) is 44.1 Å². The van der Waals surface area contributed by atoms with E-state index < -0.39 is 0 Å². The third-order valence-corrected chi connectivity index (χ3v) is 3.97. The third-order valence-electron chi connectivity index (χ3n) is 3.97. The fourth-order valence-electron chi connectivity index (χ4n) is 3.14. The number of anilines is 2. The van der Waals surface area contributed by atoms with E-state index in [1.54, 1.807) is 0 Å². The van der Waals surface area contributed by atoms with Crippen LogP contribution in [-0.4, -0.2) is 24.5 Å². The van der Waals surface area contributed by atoms with Crippen LogP contribution < -0.4 is 10.2 Å². The molecule has 4 nitrogen and oxygen atoms in total. The second-order valence-electron chi connectivity index (χ2n) is 5.11. The SMILES string of the molecule is O=CNc1cnc2c(c1N1CCCCC1)CCC2. The van der Waals surface area contributed by atoms with Crippen LogP contribution in [0.3, 0.4) is 0 Å². The average molecular weight is 245 g/mol. The summed E-state index contributed by atoms with van der Waals surface area (Å²) < 4.78 is 0. The monoisotopic (exact) mass is 245 g/mol. The highest BCUT2D eigenvalue weighted by Gasteiger charge is 2.24. The van der Waals surface area contributed by atoms with E-state index in [0.29, 0.717) is 0 Å². The smallest absolute Gasteiger partial charge is 0.211 e. The second kappa shape index (κ2) is 4.96. The molecule has 1 aromatic rings. The van der Waals surface area contributed by atoms with Crippen LogP contribution in [-0.2, 0) is 17.6 Å². The van der Waals surface area contributed by atoms with Crippen LogP contribution in [0.25, 0.3) is 0 Å². The van der Waals surface area contributed by atoms with Crippen molar-refractivity contribution < 1.29 is 4.79 Å². The number of carbonyl (C=O) groups is 1. The zero-order chi connectivity index (χ0) is 12.4. The lowest BCUT2D eigenvalue weighted by Crippen LogP contribution is -2.31. The molecular weight excluding hydrogens is 226 g/mol. The van der Waals surface area contributed by atoms with Crippen molar-refractivity contribution in [1.82, 2.24) is 4.98 Å². The predicted molar refractivity (Wildman–Crippen MR) is 72.0 cm³/mol. The Bertz CT molecular complexity index is 453. The molecule has 1 aliphatic heterocycles. The minimum absolute atomic E-state index is 0.756. The number of aryl methyl sites for hydroxylation is 1. The van der Waals surface area contributed by atoms with Gasteiger partial charge in [0, 0.05) is 18.8 Å². The summed E-state index contributed by atoms with van der Waals surface area (Å²) in [6.07, 6.45) is 9.76. The van der Waals surface area contributed by atoms with Crippen LogP contribution in [0.5, 0.6) is 0 Å². The van der Waals surface area contributed by atoms with Crippen LogP contribution in [0.2, 0.25) is 0 Å². The largest absolute Gasteiger partial charge is 0.370 e.